The minimum absolute atomic E-state index is 0.0586. The zero-order valence-electron chi connectivity index (χ0n) is 19.5. The maximum atomic E-state index is 13.6. The summed E-state index contributed by atoms with van der Waals surface area (Å²) in [4.78, 5) is 18.1. The Morgan fingerprint density at radius 1 is 1.06 bits per heavy atom. The smallest absolute Gasteiger partial charge is 0.274 e. The van der Waals surface area contributed by atoms with Gasteiger partial charge in [0.1, 0.15) is 12.4 Å². The Kier molecular flexibility index (Phi) is 5.58. The Morgan fingerprint density at radius 2 is 1.91 bits per heavy atom. The number of fused-ring (bicyclic) bond motifs is 3. The number of rotatable bonds is 2. The molecule has 1 aliphatic carbocycles. The molecule has 0 N–H and O–H groups in total. The number of nitrogens with zero attached hydrogens (tertiary/aromatic N) is 4. The van der Waals surface area contributed by atoms with Gasteiger partial charge in [0.05, 0.1) is 0 Å². The Bertz CT molecular complexity index is 1250. The number of carbonyl (C=O) groups excluding carboxylic acids is 1. The number of benzene rings is 2. The van der Waals surface area contributed by atoms with E-state index in [1.165, 1.54) is 16.8 Å². The first-order valence-corrected chi connectivity index (χ1v) is 12.5. The van der Waals surface area contributed by atoms with E-state index in [1.807, 2.05) is 34.8 Å². The zero-order chi connectivity index (χ0) is 23.2. The number of halogens is 1. The van der Waals surface area contributed by atoms with Gasteiger partial charge in [0.2, 0.25) is 0 Å². The van der Waals surface area contributed by atoms with Crippen molar-refractivity contribution in [1.82, 2.24) is 19.6 Å². The Balaban J connectivity index is 1.24. The molecule has 2 aromatic carbocycles. The molecule has 3 heterocycles. The third-order valence-electron chi connectivity index (χ3n) is 7.60. The van der Waals surface area contributed by atoms with Gasteiger partial charge >= 0.3 is 0 Å². The number of aromatic nitrogens is 2. The molecule has 3 aromatic rings. The maximum Gasteiger partial charge on any atom is 0.274 e. The first-order valence-electron chi connectivity index (χ1n) is 12.1. The molecule has 176 valence electrons. The molecule has 0 saturated heterocycles. The Hall–Kier alpha value is -2.83. The van der Waals surface area contributed by atoms with Crippen molar-refractivity contribution in [3.8, 4) is 5.75 Å². The maximum absolute atomic E-state index is 13.6. The van der Waals surface area contributed by atoms with Gasteiger partial charge in [0.15, 0.2) is 5.69 Å². The van der Waals surface area contributed by atoms with E-state index in [0.29, 0.717) is 24.9 Å². The molecule has 34 heavy (non-hydrogen) atoms. The summed E-state index contributed by atoms with van der Waals surface area (Å²) in [6, 6.07) is 14.6. The summed E-state index contributed by atoms with van der Waals surface area (Å²) in [7, 11) is 1.97. The lowest BCUT2D eigenvalue weighted by Gasteiger charge is -2.34. The molecule has 7 heteroatoms. The van der Waals surface area contributed by atoms with Crippen LogP contribution in [0.25, 0.3) is 0 Å². The van der Waals surface area contributed by atoms with Crippen LogP contribution in [-0.2, 0) is 39.4 Å². The van der Waals surface area contributed by atoms with Crippen molar-refractivity contribution in [1.29, 1.82) is 0 Å². The highest BCUT2D eigenvalue weighted by molar-refractivity contribution is 6.30. The summed E-state index contributed by atoms with van der Waals surface area (Å²) in [5.41, 5.74) is 6.68. The number of aryl methyl sites for hydroxylation is 1. The van der Waals surface area contributed by atoms with Gasteiger partial charge in [-0.2, -0.15) is 5.10 Å². The van der Waals surface area contributed by atoms with Crippen LogP contribution in [0.5, 0.6) is 5.75 Å². The molecule has 2 aliphatic heterocycles. The molecule has 0 radical (unpaired) electrons. The van der Waals surface area contributed by atoms with Crippen LogP contribution < -0.4 is 4.74 Å². The molecular weight excluding hydrogens is 448 g/mol. The van der Waals surface area contributed by atoms with Crippen LogP contribution in [0.1, 0.15) is 44.9 Å². The van der Waals surface area contributed by atoms with E-state index in [-0.39, 0.29) is 5.91 Å². The van der Waals surface area contributed by atoms with Gasteiger partial charge < -0.3 is 9.64 Å². The van der Waals surface area contributed by atoms with E-state index in [2.05, 4.69) is 29.2 Å². The predicted molar refractivity (Wildman–Crippen MR) is 131 cm³/mol. The molecule has 1 aromatic heterocycles. The summed E-state index contributed by atoms with van der Waals surface area (Å²) in [6.45, 7) is 3.72. The topological polar surface area (TPSA) is 50.6 Å². The molecule has 6 nitrogen and oxygen atoms in total. The first-order chi connectivity index (χ1) is 16.6. The zero-order valence-corrected chi connectivity index (χ0v) is 20.2. The van der Waals surface area contributed by atoms with Crippen molar-refractivity contribution in [2.24, 2.45) is 7.05 Å². The van der Waals surface area contributed by atoms with Crippen LogP contribution in [0.4, 0.5) is 0 Å². The quantitative estimate of drug-likeness (QED) is 0.560. The molecular formula is C27H29ClN4O2. The highest BCUT2D eigenvalue weighted by atomic mass is 35.5. The van der Waals surface area contributed by atoms with Crippen molar-refractivity contribution in [3.05, 3.63) is 81.1 Å². The normalized spacial score (nSPS) is 20.1. The summed E-state index contributed by atoms with van der Waals surface area (Å²) in [6.07, 6.45) is 3.71. The van der Waals surface area contributed by atoms with E-state index in [9.17, 15) is 4.79 Å². The van der Waals surface area contributed by atoms with Gasteiger partial charge in [-0.3, -0.25) is 14.4 Å². The Labute approximate surface area is 205 Å². The average Bonchev–Trinajstić information content (AvgIpc) is 3.04. The summed E-state index contributed by atoms with van der Waals surface area (Å²) in [5, 5.41) is 5.47. The third kappa shape index (κ3) is 3.89. The standard InChI is InChI=1S/C27H29ClN4O2/c1-30-24-8-7-22(31-12-13-34-25-9-6-21(28)14-20(25)17-31)15-23(24)26(29-30)27(33)32-11-10-18-4-2-3-5-19(18)16-32/h2-6,9,14,22H,7-8,10-13,15-17H2,1H3. The Morgan fingerprint density at radius 3 is 2.79 bits per heavy atom. The molecule has 6 rings (SSSR count). The number of hydrogen-bond acceptors (Lipinski definition) is 4. The minimum atomic E-state index is 0.0586. The summed E-state index contributed by atoms with van der Waals surface area (Å²) in [5.74, 6) is 0.981. The van der Waals surface area contributed by atoms with Gasteiger partial charge in [-0.15, -0.1) is 0 Å². The van der Waals surface area contributed by atoms with E-state index < -0.39 is 0 Å². The molecule has 0 fully saturated rings. The number of ether oxygens (including phenoxy) is 1. The van der Waals surface area contributed by atoms with Crippen LogP contribution >= 0.6 is 11.6 Å². The van der Waals surface area contributed by atoms with Crippen molar-refractivity contribution in [3.63, 3.8) is 0 Å². The molecule has 1 unspecified atom stereocenters. The van der Waals surface area contributed by atoms with Crippen LogP contribution in [0, 0.1) is 0 Å². The fourth-order valence-electron chi connectivity index (χ4n) is 5.77. The second-order valence-electron chi connectivity index (χ2n) is 9.61. The highest BCUT2D eigenvalue weighted by Crippen LogP contribution is 2.32. The lowest BCUT2D eigenvalue weighted by molar-refractivity contribution is 0.0725. The van der Waals surface area contributed by atoms with Crippen molar-refractivity contribution in [2.45, 2.75) is 44.8 Å². The molecule has 1 atom stereocenters. The summed E-state index contributed by atoms with van der Waals surface area (Å²) < 4.78 is 7.92. The van der Waals surface area contributed by atoms with E-state index in [0.717, 1.165) is 67.2 Å². The van der Waals surface area contributed by atoms with Gasteiger partial charge in [-0.1, -0.05) is 35.9 Å². The number of hydrogen-bond donors (Lipinski definition) is 0. The van der Waals surface area contributed by atoms with Crippen LogP contribution in [0.15, 0.2) is 42.5 Å². The van der Waals surface area contributed by atoms with Crippen LogP contribution in [0.3, 0.4) is 0 Å². The SMILES string of the molecule is Cn1nc(C(=O)N2CCc3ccccc3C2)c2c1CCC(N1CCOc3ccc(Cl)cc3C1)C2. The largest absolute Gasteiger partial charge is 0.492 e. The molecule has 1 amide bonds. The summed E-state index contributed by atoms with van der Waals surface area (Å²) >= 11 is 6.27. The highest BCUT2D eigenvalue weighted by Gasteiger charge is 2.34. The second-order valence-corrected chi connectivity index (χ2v) is 10.0. The van der Waals surface area contributed by atoms with Gasteiger partial charge in [0, 0.05) is 61.1 Å². The molecule has 0 spiro atoms. The van der Waals surface area contributed by atoms with E-state index in [4.69, 9.17) is 21.4 Å². The second kappa shape index (κ2) is 8.75. The lowest BCUT2D eigenvalue weighted by Crippen LogP contribution is -2.41. The van der Waals surface area contributed by atoms with Crippen molar-refractivity contribution < 1.29 is 9.53 Å². The van der Waals surface area contributed by atoms with Crippen LogP contribution in [0.2, 0.25) is 5.02 Å². The van der Waals surface area contributed by atoms with E-state index in [1.54, 1.807) is 0 Å². The first kappa shape index (κ1) is 21.7. The van der Waals surface area contributed by atoms with Crippen LogP contribution in [-0.4, -0.2) is 51.2 Å². The number of amides is 1. The van der Waals surface area contributed by atoms with Gasteiger partial charge in [-0.25, -0.2) is 0 Å². The monoisotopic (exact) mass is 476 g/mol. The minimum Gasteiger partial charge on any atom is -0.492 e. The van der Waals surface area contributed by atoms with Crippen molar-refractivity contribution in [2.75, 3.05) is 19.7 Å². The predicted octanol–water partition coefficient (Wildman–Crippen LogP) is 4.02. The third-order valence-corrected chi connectivity index (χ3v) is 7.83. The van der Waals surface area contributed by atoms with E-state index >= 15 is 0 Å². The lowest BCUT2D eigenvalue weighted by atomic mass is 9.89. The fraction of sp³-hybridized carbons (Fsp3) is 0.407. The number of carbonyl (C=O) groups is 1. The molecule has 3 aliphatic rings. The average molecular weight is 477 g/mol. The molecule has 0 bridgehead atoms. The molecule has 0 saturated carbocycles. The van der Waals surface area contributed by atoms with Crippen molar-refractivity contribution >= 4 is 17.5 Å². The van der Waals surface area contributed by atoms with Gasteiger partial charge in [-0.05, 0) is 55.0 Å². The van der Waals surface area contributed by atoms with Gasteiger partial charge in [0.25, 0.3) is 5.91 Å². The fourth-order valence-corrected chi connectivity index (χ4v) is 5.96.